The Balaban J connectivity index is 0.00000274. The summed E-state index contributed by atoms with van der Waals surface area (Å²) in [4.78, 5) is 0. The van der Waals surface area contributed by atoms with Crippen molar-refractivity contribution in [3.8, 4) is 0 Å². The summed E-state index contributed by atoms with van der Waals surface area (Å²) < 4.78 is 0. The SMILES string of the molecule is C/C=C(\C=C/CC)CCC(O)NC1=CCC(NC(C)(O)CCC2=CCC(C)C=C2)C=C1.CC.CC. The first-order chi connectivity index (χ1) is 16.8. The molecule has 4 heteroatoms. The largest absolute Gasteiger partial charge is 0.376 e. The van der Waals surface area contributed by atoms with Crippen LogP contribution in [0.5, 0.6) is 0 Å². The molecule has 2 aliphatic rings. The van der Waals surface area contributed by atoms with Crippen LogP contribution in [0.15, 0.2) is 71.5 Å². The lowest BCUT2D eigenvalue weighted by atomic mass is 9.94. The third-order valence-electron chi connectivity index (χ3n) is 5.87. The second-order valence-electron chi connectivity index (χ2n) is 9.00. The summed E-state index contributed by atoms with van der Waals surface area (Å²) in [5.74, 6) is 0.617. The predicted molar refractivity (Wildman–Crippen MR) is 154 cm³/mol. The molecule has 4 atom stereocenters. The van der Waals surface area contributed by atoms with Gasteiger partial charge in [-0.3, -0.25) is 5.32 Å². The van der Waals surface area contributed by atoms with Gasteiger partial charge in [-0.25, -0.2) is 0 Å². The van der Waals surface area contributed by atoms with Crippen molar-refractivity contribution in [2.24, 2.45) is 5.92 Å². The highest BCUT2D eigenvalue weighted by Crippen LogP contribution is 2.23. The zero-order valence-corrected chi connectivity index (χ0v) is 23.8. The molecule has 0 amide bonds. The summed E-state index contributed by atoms with van der Waals surface area (Å²) in [7, 11) is 0. The Morgan fingerprint density at radius 2 is 1.86 bits per heavy atom. The van der Waals surface area contributed by atoms with Crippen molar-refractivity contribution in [2.75, 3.05) is 0 Å². The van der Waals surface area contributed by atoms with Crippen LogP contribution in [0, 0.1) is 5.92 Å². The number of allylic oxidation sites excluding steroid dienone is 9. The summed E-state index contributed by atoms with van der Waals surface area (Å²) in [6.07, 6.45) is 24.6. The van der Waals surface area contributed by atoms with Crippen LogP contribution in [0.2, 0.25) is 0 Å². The van der Waals surface area contributed by atoms with E-state index in [1.54, 1.807) is 0 Å². The van der Waals surface area contributed by atoms with Crippen LogP contribution in [0.25, 0.3) is 0 Å². The van der Waals surface area contributed by atoms with Crippen molar-refractivity contribution in [1.29, 1.82) is 0 Å². The molecule has 0 aromatic heterocycles. The Bertz CT molecular complexity index is 741. The Labute approximate surface area is 216 Å². The molecule has 2 aliphatic carbocycles. The molecule has 0 spiro atoms. The fourth-order valence-electron chi connectivity index (χ4n) is 3.81. The summed E-state index contributed by atoms with van der Waals surface area (Å²) >= 11 is 0. The van der Waals surface area contributed by atoms with Crippen molar-refractivity contribution >= 4 is 0 Å². The summed E-state index contributed by atoms with van der Waals surface area (Å²) in [5, 5.41) is 27.6. The molecular formula is C31H54N2O2. The van der Waals surface area contributed by atoms with Gasteiger partial charge in [0.1, 0.15) is 12.0 Å². The summed E-state index contributed by atoms with van der Waals surface area (Å²) in [6, 6.07) is 0.0856. The molecule has 4 unspecified atom stereocenters. The maximum Gasteiger partial charge on any atom is 0.124 e. The first-order valence-corrected chi connectivity index (χ1v) is 13.8. The standard InChI is InChI=1S/C27H42N2O2.2C2H6/c1-5-7-8-22(6-2)13-18-26(30)28-24-14-16-25(17-15-24)29-27(4,31)20-19-23-11-9-21(3)10-12-23;2*1-2/h6-9,11-12,14-16,21,25-26,28-31H,5,10,13,17-20H2,1-4H3;2*1-2H3/b8-7-,22-6+;;. The van der Waals surface area contributed by atoms with E-state index in [0.29, 0.717) is 18.8 Å². The summed E-state index contributed by atoms with van der Waals surface area (Å²) in [6.45, 7) is 16.2. The average Bonchev–Trinajstić information content (AvgIpc) is 2.87. The highest BCUT2D eigenvalue weighted by molar-refractivity contribution is 5.25. The van der Waals surface area contributed by atoms with Crippen molar-refractivity contribution < 1.29 is 10.2 Å². The van der Waals surface area contributed by atoms with Gasteiger partial charge in [-0.1, -0.05) is 101 Å². The number of rotatable bonds is 12. The van der Waals surface area contributed by atoms with Gasteiger partial charge in [-0.15, -0.1) is 0 Å². The number of aliphatic hydroxyl groups excluding tert-OH is 1. The van der Waals surface area contributed by atoms with Crippen molar-refractivity contribution in [3.05, 3.63) is 71.5 Å². The minimum absolute atomic E-state index is 0.0856. The molecule has 4 N–H and O–H groups in total. The molecule has 4 nitrogen and oxygen atoms in total. The monoisotopic (exact) mass is 486 g/mol. The second-order valence-corrected chi connectivity index (χ2v) is 9.00. The molecule has 0 heterocycles. The minimum atomic E-state index is -0.917. The molecule has 0 saturated heterocycles. The lowest BCUT2D eigenvalue weighted by Gasteiger charge is -2.31. The van der Waals surface area contributed by atoms with Gasteiger partial charge in [0.05, 0.1) is 0 Å². The van der Waals surface area contributed by atoms with Crippen molar-refractivity contribution in [2.45, 2.75) is 118 Å². The fraction of sp³-hybridized carbons (Fsp3) is 0.613. The highest BCUT2D eigenvalue weighted by atomic mass is 16.3. The normalized spacial score (nSPS) is 22.2. The minimum Gasteiger partial charge on any atom is -0.376 e. The van der Waals surface area contributed by atoms with E-state index in [0.717, 1.165) is 37.8 Å². The van der Waals surface area contributed by atoms with Crippen LogP contribution in [0.1, 0.15) is 100 Å². The molecule has 35 heavy (non-hydrogen) atoms. The van der Waals surface area contributed by atoms with Gasteiger partial charge in [0.2, 0.25) is 0 Å². The maximum absolute atomic E-state index is 10.8. The molecule has 0 fully saturated rings. The van der Waals surface area contributed by atoms with Crippen LogP contribution in [-0.4, -0.2) is 28.2 Å². The quantitative estimate of drug-likeness (QED) is 0.171. The Kier molecular flexibility index (Phi) is 18.3. The van der Waals surface area contributed by atoms with Crippen molar-refractivity contribution in [1.82, 2.24) is 10.6 Å². The van der Waals surface area contributed by atoms with Crippen LogP contribution in [-0.2, 0) is 0 Å². The third kappa shape index (κ3) is 15.0. The van der Waals surface area contributed by atoms with Crippen LogP contribution in [0.3, 0.4) is 0 Å². The molecule has 0 aromatic carbocycles. The molecule has 2 rings (SSSR count). The second kappa shape index (κ2) is 19.3. The molecule has 200 valence electrons. The van der Waals surface area contributed by atoms with Gasteiger partial charge in [0.25, 0.3) is 0 Å². The first-order valence-electron chi connectivity index (χ1n) is 13.8. The molecule has 0 aliphatic heterocycles. The Morgan fingerprint density at radius 1 is 1.14 bits per heavy atom. The zero-order chi connectivity index (χ0) is 26.7. The van der Waals surface area contributed by atoms with E-state index in [1.807, 2.05) is 47.6 Å². The van der Waals surface area contributed by atoms with E-state index in [-0.39, 0.29) is 6.04 Å². The number of hydrogen-bond donors (Lipinski definition) is 4. The fourth-order valence-corrected chi connectivity index (χ4v) is 3.81. The van der Waals surface area contributed by atoms with Crippen LogP contribution in [0.4, 0.5) is 0 Å². The molecule has 0 aromatic rings. The zero-order valence-electron chi connectivity index (χ0n) is 23.8. The predicted octanol–water partition coefficient (Wildman–Crippen LogP) is 7.45. The molecule has 0 radical (unpaired) electrons. The van der Waals surface area contributed by atoms with E-state index in [2.05, 4.69) is 73.1 Å². The lowest BCUT2D eigenvalue weighted by molar-refractivity contribution is 0.00950. The van der Waals surface area contributed by atoms with Crippen LogP contribution < -0.4 is 10.6 Å². The summed E-state index contributed by atoms with van der Waals surface area (Å²) in [5.41, 5.74) is 2.57. The molecular weight excluding hydrogens is 432 g/mol. The Hall–Kier alpha value is -1.88. The van der Waals surface area contributed by atoms with E-state index in [4.69, 9.17) is 0 Å². The number of aliphatic hydroxyl groups is 2. The maximum atomic E-state index is 10.8. The van der Waals surface area contributed by atoms with Crippen molar-refractivity contribution in [3.63, 3.8) is 0 Å². The topological polar surface area (TPSA) is 64.5 Å². The number of hydrogen-bond acceptors (Lipinski definition) is 4. The van der Waals surface area contributed by atoms with E-state index in [9.17, 15) is 10.2 Å². The Morgan fingerprint density at radius 3 is 2.40 bits per heavy atom. The average molecular weight is 487 g/mol. The smallest absolute Gasteiger partial charge is 0.124 e. The molecule has 0 bridgehead atoms. The van der Waals surface area contributed by atoms with Gasteiger partial charge >= 0.3 is 0 Å². The van der Waals surface area contributed by atoms with E-state index in [1.165, 1.54) is 11.1 Å². The van der Waals surface area contributed by atoms with Crippen LogP contribution >= 0.6 is 0 Å². The van der Waals surface area contributed by atoms with Gasteiger partial charge in [-0.05, 0) is 70.8 Å². The van der Waals surface area contributed by atoms with E-state index >= 15 is 0 Å². The van der Waals surface area contributed by atoms with E-state index < -0.39 is 12.0 Å². The van der Waals surface area contributed by atoms with Gasteiger partial charge in [-0.2, -0.15) is 0 Å². The van der Waals surface area contributed by atoms with Gasteiger partial charge < -0.3 is 15.5 Å². The highest BCUT2D eigenvalue weighted by Gasteiger charge is 2.24. The number of nitrogens with one attached hydrogen (secondary N) is 2. The van der Waals surface area contributed by atoms with Gasteiger partial charge in [0, 0.05) is 11.7 Å². The van der Waals surface area contributed by atoms with Gasteiger partial charge in [0.15, 0.2) is 0 Å². The molecule has 0 saturated carbocycles. The third-order valence-corrected chi connectivity index (χ3v) is 5.87. The first kappa shape index (κ1) is 33.1. The lowest BCUT2D eigenvalue weighted by Crippen LogP contribution is -2.48.